The lowest BCUT2D eigenvalue weighted by molar-refractivity contribution is 0.102. The number of methoxy groups -OCH3 is 1. The smallest absolute Gasteiger partial charge is 0.276 e. The standard InChI is InChI=1S/C18H15ClN4O2/c1-25-16-9-7-12(19)11-15(16)21-17-10-8-14(22-23-17)18(24)20-13-5-3-2-4-6-13/h2-11H,1H3,(H,20,24)(H,21,23). The van der Waals surface area contributed by atoms with Crippen LogP contribution in [0, 0.1) is 0 Å². The molecule has 0 aliphatic heterocycles. The largest absolute Gasteiger partial charge is 0.495 e. The third-order valence-electron chi connectivity index (χ3n) is 3.35. The number of carbonyl (C=O) groups is 1. The van der Waals surface area contributed by atoms with Crippen LogP contribution in [0.4, 0.5) is 17.2 Å². The summed E-state index contributed by atoms with van der Waals surface area (Å²) in [5.74, 6) is 0.763. The van der Waals surface area contributed by atoms with Crippen LogP contribution in [0.15, 0.2) is 60.7 Å². The molecule has 0 atom stereocenters. The van der Waals surface area contributed by atoms with E-state index in [-0.39, 0.29) is 11.6 Å². The lowest BCUT2D eigenvalue weighted by Crippen LogP contribution is -2.14. The van der Waals surface area contributed by atoms with Crippen LogP contribution in [0.3, 0.4) is 0 Å². The molecule has 0 unspecified atom stereocenters. The first-order valence-electron chi connectivity index (χ1n) is 7.46. The molecule has 0 fully saturated rings. The van der Waals surface area contributed by atoms with Gasteiger partial charge in [0.1, 0.15) is 5.75 Å². The lowest BCUT2D eigenvalue weighted by Gasteiger charge is -2.10. The number of nitrogens with one attached hydrogen (secondary N) is 2. The summed E-state index contributed by atoms with van der Waals surface area (Å²) in [5, 5.41) is 14.4. The number of amides is 1. The van der Waals surface area contributed by atoms with E-state index in [0.717, 1.165) is 0 Å². The fourth-order valence-corrected chi connectivity index (χ4v) is 2.32. The average molecular weight is 355 g/mol. The Morgan fingerprint density at radius 3 is 2.52 bits per heavy atom. The third kappa shape index (κ3) is 4.24. The van der Waals surface area contributed by atoms with Crippen molar-refractivity contribution in [2.45, 2.75) is 0 Å². The monoisotopic (exact) mass is 354 g/mol. The zero-order valence-corrected chi connectivity index (χ0v) is 14.1. The highest BCUT2D eigenvalue weighted by atomic mass is 35.5. The summed E-state index contributed by atoms with van der Waals surface area (Å²) in [6.07, 6.45) is 0. The molecule has 0 bridgehead atoms. The first-order chi connectivity index (χ1) is 12.2. The zero-order valence-electron chi connectivity index (χ0n) is 13.4. The topological polar surface area (TPSA) is 76.1 Å². The summed E-state index contributed by atoms with van der Waals surface area (Å²) < 4.78 is 5.27. The summed E-state index contributed by atoms with van der Waals surface area (Å²) in [6, 6.07) is 17.6. The molecule has 0 aliphatic carbocycles. The van der Waals surface area contributed by atoms with Gasteiger partial charge in [-0.3, -0.25) is 4.79 Å². The number of anilines is 3. The predicted molar refractivity (Wildman–Crippen MR) is 97.7 cm³/mol. The van der Waals surface area contributed by atoms with Gasteiger partial charge in [-0.25, -0.2) is 0 Å². The van der Waals surface area contributed by atoms with Crippen LogP contribution in [0.2, 0.25) is 5.02 Å². The number of aromatic nitrogens is 2. The molecule has 6 nitrogen and oxygen atoms in total. The molecule has 7 heteroatoms. The van der Waals surface area contributed by atoms with Crippen LogP contribution < -0.4 is 15.4 Å². The van der Waals surface area contributed by atoms with Gasteiger partial charge in [-0.1, -0.05) is 29.8 Å². The van der Waals surface area contributed by atoms with Gasteiger partial charge < -0.3 is 15.4 Å². The van der Waals surface area contributed by atoms with Gasteiger partial charge in [-0.15, -0.1) is 10.2 Å². The highest BCUT2D eigenvalue weighted by molar-refractivity contribution is 6.31. The van der Waals surface area contributed by atoms with E-state index in [1.54, 1.807) is 49.6 Å². The van der Waals surface area contributed by atoms with Crippen molar-refractivity contribution in [2.75, 3.05) is 17.7 Å². The fourth-order valence-electron chi connectivity index (χ4n) is 2.15. The minimum atomic E-state index is -0.328. The van der Waals surface area contributed by atoms with Crippen molar-refractivity contribution < 1.29 is 9.53 Å². The molecule has 1 amide bonds. The van der Waals surface area contributed by atoms with E-state index in [0.29, 0.717) is 28.0 Å². The van der Waals surface area contributed by atoms with Crippen LogP contribution in [-0.4, -0.2) is 23.2 Å². The summed E-state index contributed by atoms with van der Waals surface area (Å²) >= 11 is 6.00. The lowest BCUT2D eigenvalue weighted by atomic mass is 10.3. The number of hydrogen-bond donors (Lipinski definition) is 2. The summed E-state index contributed by atoms with van der Waals surface area (Å²) in [5.41, 5.74) is 1.57. The Hall–Kier alpha value is -3.12. The number of benzene rings is 2. The molecule has 0 radical (unpaired) electrons. The second kappa shape index (κ2) is 7.63. The van der Waals surface area contributed by atoms with E-state index in [9.17, 15) is 4.79 Å². The van der Waals surface area contributed by atoms with Gasteiger partial charge in [0.25, 0.3) is 5.91 Å². The predicted octanol–water partition coefficient (Wildman–Crippen LogP) is 4.13. The highest BCUT2D eigenvalue weighted by Crippen LogP contribution is 2.29. The maximum atomic E-state index is 12.2. The highest BCUT2D eigenvalue weighted by Gasteiger charge is 2.10. The number of para-hydroxylation sites is 1. The molecule has 2 N–H and O–H groups in total. The van der Waals surface area contributed by atoms with Gasteiger partial charge >= 0.3 is 0 Å². The second-order valence-corrected chi connectivity index (χ2v) is 5.53. The van der Waals surface area contributed by atoms with Crippen LogP contribution in [-0.2, 0) is 0 Å². The number of rotatable bonds is 5. The molecule has 0 aliphatic rings. The van der Waals surface area contributed by atoms with E-state index < -0.39 is 0 Å². The van der Waals surface area contributed by atoms with Gasteiger partial charge in [0.2, 0.25) is 0 Å². The van der Waals surface area contributed by atoms with Gasteiger partial charge in [0.05, 0.1) is 12.8 Å². The molecular formula is C18H15ClN4O2. The van der Waals surface area contributed by atoms with Crippen molar-refractivity contribution in [3.63, 3.8) is 0 Å². The Balaban J connectivity index is 1.72. The first kappa shape index (κ1) is 16.7. The number of ether oxygens (including phenoxy) is 1. The van der Waals surface area contributed by atoms with Crippen molar-refractivity contribution in [3.05, 3.63) is 71.4 Å². The summed E-state index contributed by atoms with van der Waals surface area (Å²) in [6.45, 7) is 0. The quantitative estimate of drug-likeness (QED) is 0.720. The van der Waals surface area contributed by atoms with E-state index in [1.165, 1.54) is 0 Å². The molecule has 1 heterocycles. The maximum Gasteiger partial charge on any atom is 0.276 e. The van der Waals surface area contributed by atoms with Gasteiger partial charge in [0.15, 0.2) is 11.5 Å². The summed E-state index contributed by atoms with van der Waals surface area (Å²) in [7, 11) is 1.57. The maximum absolute atomic E-state index is 12.2. The van der Waals surface area contributed by atoms with Crippen molar-refractivity contribution in [1.82, 2.24) is 10.2 Å². The normalized spacial score (nSPS) is 10.2. The molecule has 126 valence electrons. The van der Waals surface area contributed by atoms with Gasteiger partial charge in [-0.05, 0) is 42.5 Å². The minimum absolute atomic E-state index is 0.215. The number of carbonyl (C=O) groups excluding carboxylic acids is 1. The zero-order chi connectivity index (χ0) is 17.6. The number of nitrogens with zero attached hydrogens (tertiary/aromatic N) is 2. The number of halogens is 1. The van der Waals surface area contributed by atoms with Crippen molar-refractivity contribution in [3.8, 4) is 5.75 Å². The SMILES string of the molecule is COc1ccc(Cl)cc1Nc1ccc(C(=O)Nc2ccccc2)nn1. The molecule has 1 aromatic heterocycles. The Bertz CT molecular complexity index is 870. The van der Waals surface area contributed by atoms with E-state index in [2.05, 4.69) is 20.8 Å². The molecule has 3 rings (SSSR count). The van der Waals surface area contributed by atoms with Crippen molar-refractivity contribution >= 4 is 34.7 Å². The Morgan fingerprint density at radius 1 is 1.04 bits per heavy atom. The van der Waals surface area contributed by atoms with E-state index >= 15 is 0 Å². The van der Waals surface area contributed by atoms with Crippen LogP contribution >= 0.6 is 11.6 Å². The summed E-state index contributed by atoms with van der Waals surface area (Å²) in [4.78, 5) is 12.2. The molecule has 0 spiro atoms. The molecular weight excluding hydrogens is 340 g/mol. The van der Waals surface area contributed by atoms with Gasteiger partial charge in [-0.2, -0.15) is 0 Å². The average Bonchev–Trinajstić information content (AvgIpc) is 2.63. The van der Waals surface area contributed by atoms with Crippen LogP contribution in [0.5, 0.6) is 5.75 Å². The Kier molecular flexibility index (Phi) is 5.11. The fraction of sp³-hybridized carbons (Fsp3) is 0.0556. The number of hydrogen-bond acceptors (Lipinski definition) is 5. The van der Waals surface area contributed by atoms with Crippen LogP contribution in [0.1, 0.15) is 10.5 Å². The van der Waals surface area contributed by atoms with Gasteiger partial charge in [0, 0.05) is 10.7 Å². The van der Waals surface area contributed by atoms with Crippen LogP contribution in [0.25, 0.3) is 0 Å². The molecule has 0 saturated carbocycles. The Morgan fingerprint density at radius 2 is 1.84 bits per heavy atom. The van der Waals surface area contributed by atoms with Crippen molar-refractivity contribution in [2.24, 2.45) is 0 Å². The minimum Gasteiger partial charge on any atom is -0.495 e. The molecule has 2 aromatic carbocycles. The molecule has 25 heavy (non-hydrogen) atoms. The van der Waals surface area contributed by atoms with E-state index in [4.69, 9.17) is 16.3 Å². The van der Waals surface area contributed by atoms with E-state index in [1.807, 2.05) is 18.2 Å². The molecule has 0 saturated heterocycles. The molecule has 3 aromatic rings. The third-order valence-corrected chi connectivity index (χ3v) is 3.59. The first-order valence-corrected chi connectivity index (χ1v) is 7.84. The second-order valence-electron chi connectivity index (χ2n) is 5.09. The Labute approximate surface area is 149 Å². The van der Waals surface area contributed by atoms with Crippen molar-refractivity contribution in [1.29, 1.82) is 0 Å².